The van der Waals surface area contributed by atoms with E-state index in [1.807, 2.05) is 0 Å². The van der Waals surface area contributed by atoms with Gasteiger partial charge >= 0.3 is 0 Å². The lowest BCUT2D eigenvalue weighted by molar-refractivity contribution is 0.211. The highest BCUT2D eigenvalue weighted by Gasteiger charge is 2.30. The summed E-state index contributed by atoms with van der Waals surface area (Å²) in [6.07, 6.45) is 18.7. The standard InChI is InChI=1S/C24H36O/c1-3-7-19-10-12-21(13-11-19)24(18-20-8-5-4-6-9-20)22-14-16-23(25-2)17-15-22/h4-5,14-17,19-21,24H,3,6-13,18H2,1-2H3. The molecule has 1 fully saturated rings. The third-order valence-electron chi connectivity index (χ3n) is 6.67. The van der Waals surface area contributed by atoms with Gasteiger partial charge in [-0.2, -0.15) is 0 Å². The van der Waals surface area contributed by atoms with Crippen LogP contribution in [0.5, 0.6) is 5.75 Å². The quantitative estimate of drug-likeness (QED) is 0.480. The van der Waals surface area contributed by atoms with Crippen molar-refractivity contribution in [2.24, 2.45) is 17.8 Å². The molecule has 1 heteroatoms. The molecule has 0 aromatic heterocycles. The van der Waals surface area contributed by atoms with Gasteiger partial charge < -0.3 is 4.74 Å². The van der Waals surface area contributed by atoms with Crippen LogP contribution in [0.3, 0.4) is 0 Å². The first-order valence-corrected chi connectivity index (χ1v) is 10.6. The van der Waals surface area contributed by atoms with Gasteiger partial charge in [-0.3, -0.25) is 0 Å². The van der Waals surface area contributed by atoms with Crippen LogP contribution in [0.2, 0.25) is 0 Å². The van der Waals surface area contributed by atoms with Crippen molar-refractivity contribution in [1.82, 2.24) is 0 Å². The molecule has 0 amide bonds. The van der Waals surface area contributed by atoms with Gasteiger partial charge in [-0.25, -0.2) is 0 Å². The molecule has 0 saturated heterocycles. The minimum absolute atomic E-state index is 0.741. The normalized spacial score (nSPS) is 27.8. The topological polar surface area (TPSA) is 9.23 Å². The van der Waals surface area contributed by atoms with E-state index in [0.717, 1.165) is 29.4 Å². The SMILES string of the molecule is CCCC1CCC(C(CC2CC=CCC2)c2ccc(OC)cc2)CC1. The molecule has 1 saturated carbocycles. The van der Waals surface area contributed by atoms with E-state index in [4.69, 9.17) is 4.74 Å². The van der Waals surface area contributed by atoms with E-state index in [1.54, 1.807) is 12.7 Å². The number of benzene rings is 1. The van der Waals surface area contributed by atoms with Crippen LogP contribution in [0.15, 0.2) is 36.4 Å². The second kappa shape index (κ2) is 9.46. The van der Waals surface area contributed by atoms with Crippen LogP contribution in [0.4, 0.5) is 0 Å². The van der Waals surface area contributed by atoms with Gasteiger partial charge in [-0.15, -0.1) is 0 Å². The second-order valence-corrected chi connectivity index (χ2v) is 8.34. The Hall–Kier alpha value is -1.24. The van der Waals surface area contributed by atoms with E-state index in [2.05, 4.69) is 43.3 Å². The number of allylic oxidation sites excluding steroid dienone is 2. The Kier molecular flexibility index (Phi) is 7.02. The fourth-order valence-corrected chi connectivity index (χ4v) is 5.17. The molecule has 2 aliphatic rings. The maximum atomic E-state index is 5.38. The minimum Gasteiger partial charge on any atom is -0.497 e. The van der Waals surface area contributed by atoms with Crippen molar-refractivity contribution in [2.45, 2.75) is 77.0 Å². The largest absolute Gasteiger partial charge is 0.497 e. The first-order valence-electron chi connectivity index (χ1n) is 10.6. The first-order chi connectivity index (χ1) is 12.3. The van der Waals surface area contributed by atoms with E-state index in [-0.39, 0.29) is 0 Å². The lowest BCUT2D eigenvalue weighted by Crippen LogP contribution is -2.23. The van der Waals surface area contributed by atoms with Crippen LogP contribution >= 0.6 is 0 Å². The third kappa shape index (κ3) is 5.12. The average molecular weight is 341 g/mol. The van der Waals surface area contributed by atoms with Crippen molar-refractivity contribution in [1.29, 1.82) is 0 Å². The summed E-state index contributed by atoms with van der Waals surface area (Å²) in [6, 6.07) is 8.98. The number of hydrogen-bond acceptors (Lipinski definition) is 1. The zero-order valence-electron chi connectivity index (χ0n) is 16.3. The van der Waals surface area contributed by atoms with Gasteiger partial charge in [0.2, 0.25) is 0 Å². The molecule has 0 bridgehead atoms. The lowest BCUT2D eigenvalue weighted by Gasteiger charge is -2.36. The molecule has 138 valence electrons. The highest BCUT2D eigenvalue weighted by atomic mass is 16.5. The van der Waals surface area contributed by atoms with Gasteiger partial charge in [-0.05, 0) is 79.9 Å². The predicted molar refractivity (Wildman–Crippen MR) is 107 cm³/mol. The van der Waals surface area contributed by atoms with Crippen LogP contribution in [0, 0.1) is 17.8 Å². The Balaban J connectivity index is 1.70. The number of rotatable bonds is 7. The highest BCUT2D eigenvalue weighted by molar-refractivity contribution is 5.30. The van der Waals surface area contributed by atoms with E-state index in [1.165, 1.54) is 64.2 Å². The molecule has 1 aromatic rings. The summed E-state index contributed by atoms with van der Waals surface area (Å²) in [7, 11) is 1.76. The maximum absolute atomic E-state index is 5.38. The van der Waals surface area contributed by atoms with Crippen molar-refractivity contribution >= 4 is 0 Å². The Labute approximate surface area is 154 Å². The van der Waals surface area contributed by atoms with Gasteiger partial charge in [0.1, 0.15) is 5.75 Å². The number of ether oxygens (including phenoxy) is 1. The van der Waals surface area contributed by atoms with Crippen molar-refractivity contribution < 1.29 is 4.74 Å². The fourth-order valence-electron chi connectivity index (χ4n) is 5.17. The third-order valence-corrected chi connectivity index (χ3v) is 6.67. The molecule has 0 radical (unpaired) electrons. The summed E-state index contributed by atoms with van der Waals surface area (Å²) in [6.45, 7) is 2.34. The molecule has 0 spiro atoms. The van der Waals surface area contributed by atoms with E-state index in [0.29, 0.717) is 0 Å². The zero-order valence-corrected chi connectivity index (χ0v) is 16.3. The molecule has 1 aromatic carbocycles. The van der Waals surface area contributed by atoms with Crippen molar-refractivity contribution in [3.8, 4) is 5.75 Å². The molecule has 2 unspecified atom stereocenters. The Bertz CT molecular complexity index is 522. The van der Waals surface area contributed by atoms with Crippen molar-refractivity contribution in [3.63, 3.8) is 0 Å². The molecule has 0 aliphatic heterocycles. The van der Waals surface area contributed by atoms with Gasteiger partial charge in [0, 0.05) is 0 Å². The molecule has 2 atom stereocenters. The maximum Gasteiger partial charge on any atom is 0.118 e. The molecule has 2 aliphatic carbocycles. The summed E-state index contributed by atoms with van der Waals surface area (Å²) in [5, 5.41) is 0. The molecule has 0 heterocycles. The van der Waals surface area contributed by atoms with E-state index >= 15 is 0 Å². The molecular weight excluding hydrogens is 304 g/mol. The van der Waals surface area contributed by atoms with Crippen molar-refractivity contribution in [2.75, 3.05) is 7.11 Å². The van der Waals surface area contributed by atoms with E-state index in [9.17, 15) is 0 Å². The molecule has 25 heavy (non-hydrogen) atoms. The smallest absolute Gasteiger partial charge is 0.118 e. The summed E-state index contributed by atoms with van der Waals surface area (Å²) in [4.78, 5) is 0. The lowest BCUT2D eigenvalue weighted by atomic mass is 9.69. The average Bonchev–Trinajstić information content (AvgIpc) is 2.68. The Morgan fingerprint density at radius 2 is 1.72 bits per heavy atom. The zero-order chi connectivity index (χ0) is 17.5. The second-order valence-electron chi connectivity index (χ2n) is 8.34. The van der Waals surface area contributed by atoms with Gasteiger partial charge in [0.05, 0.1) is 7.11 Å². The van der Waals surface area contributed by atoms with Gasteiger partial charge in [0.25, 0.3) is 0 Å². The predicted octanol–water partition coefficient (Wildman–Crippen LogP) is 7.13. The van der Waals surface area contributed by atoms with Crippen LogP contribution in [-0.2, 0) is 0 Å². The molecule has 3 rings (SSSR count). The van der Waals surface area contributed by atoms with Crippen molar-refractivity contribution in [3.05, 3.63) is 42.0 Å². The Morgan fingerprint density at radius 3 is 2.32 bits per heavy atom. The van der Waals surface area contributed by atoms with Crippen LogP contribution in [-0.4, -0.2) is 7.11 Å². The summed E-state index contributed by atoms with van der Waals surface area (Å²) in [5.41, 5.74) is 1.55. The summed E-state index contributed by atoms with van der Waals surface area (Å²) < 4.78 is 5.38. The summed E-state index contributed by atoms with van der Waals surface area (Å²) >= 11 is 0. The van der Waals surface area contributed by atoms with E-state index < -0.39 is 0 Å². The number of methoxy groups -OCH3 is 1. The highest BCUT2D eigenvalue weighted by Crippen LogP contribution is 2.44. The van der Waals surface area contributed by atoms with Gasteiger partial charge in [-0.1, -0.05) is 56.9 Å². The molecule has 0 N–H and O–H groups in total. The van der Waals surface area contributed by atoms with Crippen LogP contribution < -0.4 is 4.74 Å². The summed E-state index contributed by atoms with van der Waals surface area (Å²) in [5.74, 6) is 4.48. The fraction of sp³-hybridized carbons (Fsp3) is 0.667. The monoisotopic (exact) mass is 340 g/mol. The van der Waals surface area contributed by atoms with Crippen LogP contribution in [0.1, 0.15) is 82.6 Å². The molecule has 1 nitrogen and oxygen atoms in total. The molecular formula is C24H36O. The Morgan fingerprint density at radius 1 is 0.960 bits per heavy atom. The van der Waals surface area contributed by atoms with Crippen LogP contribution in [0.25, 0.3) is 0 Å². The number of hydrogen-bond donors (Lipinski definition) is 0. The first kappa shape index (κ1) is 18.5. The van der Waals surface area contributed by atoms with Gasteiger partial charge in [0.15, 0.2) is 0 Å². The minimum atomic E-state index is 0.741.